The summed E-state index contributed by atoms with van der Waals surface area (Å²) in [6.45, 7) is 4.27. The Balaban J connectivity index is 2.49. The summed E-state index contributed by atoms with van der Waals surface area (Å²) in [6, 6.07) is 0. The van der Waals surface area contributed by atoms with Crippen LogP contribution in [0.15, 0.2) is 0 Å². The summed E-state index contributed by atoms with van der Waals surface area (Å²) in [5, 5.41) is 3.10. The summed E-state index contributed by atoms with van der Waals surface area (Å²) in [7, 11) is -3.18. The van der Waals surface area contributed by atoms with Crippen LogP contribution in [0.2, 0.25) is 0 Å². The molecule has 0 spiro atoms. The molecule has 0 aliphatic carbocycles. The van der Waals surface area contributed by atoms with Crippen molar-refractivity contribution in [2.45, 2.75) is 6.92 Å². The summed E-state index contributed by atoms with van der Waals surface area (Å²) in [6.07, 6.45) is 0. The lowest BCUT2D eigenvalue weighted by Gasteiger charge is -2.27. The van der Waals surface area contributed by atoms with E-state index in [0.29, 0.717) is 13.1 Å². The molecule has 6 heteroatoms. The van der Waals surface area contributed by atoms with Gasteiger partial charge in [0, 0.05) is 31.9 Å². The van der Waals surface area contributed by atoms with E-state index in [1.165, 1.54) is 0 Å². The molecule has 0 saturated carbocycles. The first-order valence-electron chi connectivity index (χ1n) is 4.74. The van der Waals surface area contributed by atoms with Crippen LogP contribution in [0.25, 0.3) is 0 Å². The van der Waals surface area contributed by atoms with Crippen LogP contribution in [-0.4, -0.2) is 56.9 Å². The minimum absolute atomic E-state index is 0.0326. The molecule has 0 aromatic heterocycles. The van der Waals surface area contributed by atoms with Crippen LogP contribution in [0.5, 0.6) is 0 Å². The zero-order valence-corrected chi connectivity index (χ0v) is 9.14. The first kappa shape index (κ1) is 11.5. The molecule has 14 heavy (non-hydrogen) atoms. The van der Waals surface area contributed by atoms with Gasteiger partial charge in [-0.25, -0.2) is 8.42 Å². The van der Waals surface area contributed by atoms with E-state index in [4.69, 9.17) is 0 Å². The molecule has 0 radical (unpaired) electrons. The van der Waals surface area contributed by atoms with Gasteiger partial charge in [0.1, 0.15) is 5.75 Å². The Morgan fingerprint density at radius 3 is 2.43 bits per heavy atom. The predicted molar refractivity (Wildman–Crippen MR) is 53.8 cm³/mol. The normalized spacial score (nSPS) is 18.2. The van der Waals surface area contributed by atoms with Gasteiger partial charge in [-0.3, -0.25) is 4.79 Å². The average Bonchev–Trinajstić information content (AvgIpc) is 2.19. The van der Waals surface area contributed by atoms with E-state index in [2.05, 4.69) is 5.32 Å². The van der Waals surface area contributed by atoms with Gasteiger partial charge in [-0.15, -0.1) is 0 Å². The van der Waals surface area contributed by atoms with Crippen LogP contribution in [0.3, 0.4) is 0 Å². The smallest absolute Gasteiger partial charge is 0.237 e. The van der Waals surface area contributed by atoms with Crippen molar-refractivity contribution in [1.82, 2.24) is 10.2 Å². The third kappa shape index (κ3) is 3.26. The zero-order valence-electron chi connectivity index (χ0n) is 8.32. The second-order valence-corrected chi connectivity index (χ2v) is 5.66. The van der Waals surface area contributed by atoms with Crippen molar-refractivity contribution < 1.29 is 13.2 Å². The number of amides is 1. The maximum absolute atomic E-state index is 11.5. The molecule has 1 heterocycles. The number of sulfone groups is 1. The highest BCUT2D eigenvalue weighted by atomic mass is 32.2. The Hall–Kier alpha value is -0.620. The number of hydrogen-bond donors (Lipinski definition) is 1. The van der Waals surface area contributed by atoms with E-state index in [9.17, 15) is 13.2 Å². The molecule has 1 N–H and O–H groups in total. The number of carbonyl (C=O) groups is 1. The molecule has 1 aliphatic rings. The standard InChI is InChI=1S/C8H16N2O3S/c1-2-14(12,13)7-8(11)10-5-3-9-4-6-10/h9H,2-7H2,1H3. The average molecular weight is 220 g/mol. The van der Waals surface area contributed by atoms with Gasteiger partial charge in [0.05, 0.1) is 0 Å². The van der Waals surface area contributed by atoms with Crippen molar-refractivity contribution in [1.29, 1.82) is 0 Å². The Kier molecular flexibility index (Phi) is 3.88. The number of rotatable bonds is 3. The second-order valence-electron chi connectivity index (χ2n) is 3.31. The lowest BCUT2D eigenvalue weighted by Crippen LogP contribution is -2.48. The summed E-state index contributed by atoms with van der Waals surface area (Å²) >= 11 is 0. The SMILES string of the molecule is CCS(=O)(=O)CC(=O)N1CCNCC1. The summed E-state index contributed by atoms with van der Waals surface area (Å²) in [4.78, 5) is 13.1. The quantitative estimate of drug-likeness (QED) is 0.652. The molecule has 1 aliphatic heterocycles. The molecule has 1 saturated heterocycles. The summed E-state index contributed by atoms with van der Waals surface area (Å²) in [5.74, 6) is -0.581. The number of nitrogens with one attached hydrogen (secondary N) is 1. The van der Waals surface area contributed by atoms with Crippen LogP contribution in [-0.2, 0) is 14.6 Å². The highest BCUT2D eigenvalue weighted by Crippen LogP contribution is 1.98. The fourth-order valence-corrected chi connectivity index (χ4v) is 2.06. The van der Waals surface area contributed by atoms with E-state index in [1.807, 2.05) is 0 Å². The zero-order chi connectivity index (χ0) is 10.6. The molecule has 0 unspecified atom stereocenters. The van der Waals surface area contributed by atoms with Crippen molar-refractivity contribution in [3.8, 4) is 0 Å². The van der Waals surface area contributed by atoms with E-state index < -0.39 is 9.84 Å². The lowest BCUT2D eigenvalue weighted by atomic mass is 10.3. The Morgan fingerprint density at radius 2 is 1.93 bits per heavy atom. The maximum Gasteiger partial charge on any atom is 0.237 e. The van der Waals surface area contributed by atoms with Crippen LogP contribution in [0.1, 0.15) is 6.92 Å². The van der Waals surface area contributed by atoms with E-state index in [1.54, 1.807) is 11.8 Å². The lowest BCUT2D eigenvalue weighted by molar-refractivity contribution is -0.128. The van der Waals surface area contributed by atoms with E-state index >= 15 is 0 Å². The predicted octanol–water partition coefficient (Wildman–Crippen LogP) is -1.15. The van der Waals surface area contributed by atoms with Crippen molar-refractivity contribution in [2.24, 2.45) is 0 Å². The molecule has 5 nitrogen and oxygen atoms in total. The van der Waals surface area contributed by atoms with Crippen LogP contribution >= 0.6 is 0 Å². The highest BCUT2D eigenvalue weighted by molar-refractivity contribution is 7.92. The molecule has 1 fully saturated rings. The van der Waals surface area contributed by atoms with Crippen LogP contribution < -0.4 is 5.32 Å². The Labute approximate surface area is 84.4 Å². The van der Waals surface area contributed by atoms with Crippen molar-refractivity contribution in [2.75, 3.05) is 37.7 Å². The van der Waals surface area contributed by atoms with E-state index in [0.717, 1.165) is 13.1 Å². The van der Waals surface area contributed by atoms with Gasteiger partial charge in [0.15, 0.2) is 9.84 Å². The molecular formula is C8H16N2O3S. The summed E-state index contributed by atoms with van der Waals surface area (Å²) < 4.78 is 22.4. The van der Waals surface area contributed by atoms with E-state index in [-0.39, 0.29) is 17.4 Å². The number of hydrogen-bond acceptors (Lipinski definition) is 4. The molecule has 82 valence electrons. The third-order valence-corrected chi connectivity index (χ3v) is 3.82. The Morgan fingerprint density at radius 1 is 1.36 bits per heavy atom. The van der Waals surface area contributed by atoms with Crippen LogP contribution in [0, 0.1) is 0 Å². The fourth-order valence-electron chi connectivity index (χ4n) is 1.30. The molecule has 0 aromatic rings. The second kappa shape index (κ2) is 4.75. The minimum Gasteiger partial charge on any atom is -0.339 e. The number of carbonyl (C=O) groups excluding carboxylic acids is 1. The minimum atomic E-state index is -3.18. The van der Waals surface area contributed by atoms with Crippen LogP contribution in [0.4, 0.5) is 0 Å². The molecule has 0 atom stereocenters. The Bertz CT molecular complexity index is 294. The monoisotopic (exact) mass is 220 g/mol. The van der Waals surface area contributed by atoms with Gasteiger partial charge < -0.3 is 10.2 Å². The summed E-state index contributed by atoms with van der Waals surface area (Å²) in [5.41, 5.74) is 0. The molecule has 0 bridgehead atoms. The first-order chi connectivity index (χ1) is 6.55. The van der Waals surface area contributed by atoms with Gasteiger partial charge in [-0.2, -0.15) is 0 Å². The van der Waals surface area contributed by atoms with Gasteiger partial charge in [0.25, 0.3) is 0 Å². The van der Waals surface area contributed by atoms with Gasteiger partial charge in [-0.05, 0) is 0 Å². The van der Waals surface area contributed by atoms with Crippen molar-refractivity contribution >= 4 is 15.7 Å². The highest BCUT2D eigenvalue weighted by Gasteiger charge is 2.21. The molecule has 1 rings (SSSR count). The third-order valence-electron chi connectivity index (χ3n) is 2.25. The first-order valence-corrected chi connectivity index (χ1v) is 6.56. The molecule has 0 aromatic carbocycles. The number of piperazine rings is 1. The van der Waals surface area contributed by atoms with Crippen molar-refractivity contribution in [3.63, 3.8) is 0 Å². The van der Waals surface area contributed by atoms with Gasteiger partial charge in [-0.1, -0.05) is 6.92 Å². The van der Waals surface area contributed by atoms with Crippen molar-refractivity contribution in [3.05, 3.63) is 0 Å². The molecule has 1 amide bonds. The largest absolute Gasteiger partial charge is 0.339 e. The molecular weight excluding hydrogens is 204 g/mol. The maximum atomic E-state index is 11.5. The number of nitrogens with zero attached hydrogens (tertiary/aromatic N) is 1. The van der Waals surface area contributed by atoms with Gasteiger partial charge in [0.2, 0.25) is 5.91 Å². The van der Waals surface area contributed by atoms with Gasteiger partial charge >= 0.3 is 0 Å². The topological polar surface area (TPSA) is 66.5 Å². The fraction of sp³-hybridized carbons (Fsp3) is 0.875.